The van der Waals surface area contributed by atoms with Gasteiger partial charge in [0.25, 0.3) is 0 Å². The van der Waals surface area contributed by atoms with Crippen molar-refractivity contribution in [3.8, 4) is 28.6 Å². The lowest BCUT2D eigenvalue weighted by atomic mass is 10.1. The van der Waals surface area contributed by atoms with Crippen LogP contribution in [0.2, 0.25) is 5.02 Å². The van der Waals surface area contributed by atoms with Gasteiger partial charge < -0.3 is 14.6 Å². The Morgan fingerprint density at radius 2 is 1.75 bits per heavy atom. The topological polar surface area (TPSA) is 126 Å². The number of ether oxygens (including phenoxy) is 2. The van der Waals surface area contributed by atoms with Crippen LogP contribution in [0.4, 0.5) is 32.0 Å². The van der Waals surface area contributed by atoms with Gasteiger partial charge >= 0.3 is 12.5 Å². The van der Waals surface area contributed by atoms with E-state index in [0.29, 0.717) is 17.1 Å². The average Bonchev–Trinajstić information content (AvgIpc) is 3.65. The molecule has 1 amide bonds. The molecule has 0 saturated carbocycles. The normalized spacial score (nSPS) is 16.0. The number of halogens is 7. The Hall–Kier alpha value is -4.36. The summed E-state index contributed by atoms with van der Waals surface area (Å²) in [7, 11) is 0. The summed E-state index contributed by atoms with van der Waals surface area (Å²) >= 11 is 7.02. The maximum atomic E-state index is 12.8. The number of carbonyl (C=O) groups excluding carboxylic acids is 1. The summed E-state index contributed by atoms with van der Waals surface area (Å²) in [5.74, 6) is -0.823. The molecule has 1 aliphatic heterocycles. The number of aromatic nitrogens is 3. The summed E-state index contributed by atoms with van der Waals surface area (Å²) < 4.78 is 85.8. The molecular weight excluding hydrogens is 692 g/mol. The summed E-state index contributed by atoms with van der Waals surface area (Å²) in [5, 5.41) is 15.1. The molecular formula is C29H24ClF6N7O4S. The highest BCUT2D eigenvalue weighted by Gasteiger charge is 2.35. The number of anilines is 1. The number of aliphatic imine (C=N–C) groups is 1. The lowest BCUT2D eigenvalue weighted by Crippen LogP contribution is -2.42. The SMILES string of the molecule is CC(NNC(O)/N=C1\SCC(=O)N1c1cc(Cl)ccc1OCC(F)(F)F)c1ccc(-c2ncn(-c3ccc(OC(F)(F)F)cc3)n2)cc1. The third-order valence-corrected chi connectivity index (χ3v) is 7.65. The molecule has 2 heterocycles. The zero-order chi connectivity index (χ0) is 34.6. The van der Waals surface area contributed by atoms with Crippen LogP contribution in [-0.2, 0) is 4.79 Å². The van der Waals surface area contributed by atoms with Crippen LogP contribution in [0.1, 0.15) is 18.5 Å². The molecule has 11 nitrogen and oxygen atoms in total. The second-order valence-electron chi connectivity index (χ2n) is 10.0. The number of thioether (sulfide) groups is 1. The molecule has 0 aliphatic carbocycles. The number of nitrogens with zero attached hydrogens (tertiary/aromatic N) is 5. The average molecular weight is 716 g/mol. The first-order valence-corrected chi connectivity index (χ1v) is 15.1. The van der Waals surface area contributed by atoms with E-state index in [9.17, 15) is 36.2 Å². The molecule has 1 aliphatic rings. The first-order chi connectivity index (χ1) is 22.6. The first kappa shape index (κ1) is 35.0. The molecule has 0 radical (unpaired) electrons. The van der Waals surface area contributed by atoms with Crippen LogP contribution in [0, 0.1) is 0 Å². The van der Waals surface area contributed by atoms with Crippen LogP contribution in [0.25, 0.3) is 17.1 Å². The van der Waals surface area contributed by atoms with E-state index in [1.807, 2.05) is 0 Å². The highest BCUT2D eigenvalue weighted by Crippen LogP contribution is 2.37. The molecule has 0 bridgehead atoms. The number of rotatable bonds is 11. The Bertz CT molecular complexity index is 1770. The highest BCUT2D eigenvalue weighted by molar-refractivity contribution is 8.15. The second kappa shape index (κ2) is 14.4. The zero-order valence-corrected chi connectivity index (χ0v) is 26.0. The third kappa shape index (κ3) is 9.16. The van der Waals surface area contributed by atoms with Crippen LogP contribution in [-0.4, -0.2) is 62.2 Å². The van der Waals surface area contributed by atoms with E-state index in [4.69, 9.17) is 16.3 Å². The fourth-order valence-corrected chi connectivity index (χ4v) is 5.35. The number of amidine groups is 1. The fraction of sp³-hybridized carbons (Fsp3) is 0.241. The predicted molar refractivity (Wildman–Crippen MR) is 165 cm³/mol. The van der Waals surface area contributed by atoms with Gasteiger partial charge in [-0.25, -0.2) is 25.5 Å². The molecule has 48 heavy (non-hydrogen) atoms. The number of aliphatic hydroxyl groups is 1. The maximum Gasteiger partial charge on any atom is 0.573 e. The van der Waals surface area contributed by atoms with Gasteiger partial charge in [-0.2, -0.15) is 13.2 Å². The van der Waals surface area contributed by atoms with Crippen molar-refractivity contribution in [3.63, 3.8) is 0 Å². The monoisotopic (exact) mass is 715 g/mol. The molecule has 3 aromatic carbocycles. The Morgan fingerprint density at radius 1 is 1.04 bits per heavy atom. The van der Waals surface area contributed by atoms with Crippen molar-refractivity contribution in [2.24, 2.45) is 4.99 Å². The molecule has 1 fully saturated rings. The van der Waals surface area contributed by atoms with E-state index in [1.54, 1.807) is 31.2 Å². The van der Waals surface area contributed by atoms with Gasteiger partial charge in [-0.15, -0.1) is 18.3 Å². The maximum absolute atomic E-state index is 12.8. The Balaban J connectivity index is 1.20. The molecule has 2 atom stereocenters. The fourth-order valence-electron chi connectivity index (χ4n) is 4.30. The van der Waals surface area contributed by atoms with Crippen molar-refractivity contribution in [1.29, 1.82) is 0 Å². The Kier molecular flexibility index (Phi) is 10.5. The number of hydrazine groups is 1. The van der Waals surface area contributed by atoms with Crippen molar-refractivity contribution in [1.82, 2.24) is 25.6 Å². The minimum atomic E-state index is -4.80. The number of hydrogen-bond acceptors (Lipinski definition) is 10. The lowest BCUT2D eigenvalue weighted by Gasteiger charge is -2.22. The van der Waals surface area contributed by atoms with Crippen LogP contribution in [0.3, 0.4) is 0 Å². The summed E-state index contributed by atoms with van der Waals surface area (Å²) in [6.07, 6.45) is -9.56. The van der Waals surface area contributed by atoms with Gasteiger partial charge in [0.1, 0.15) is 17.8 Å². The Morgan fingerprint density at radius 3 is 2.42 bits per heavy atom. The number of nitrogens with one attached hydrogen (secondary N) is 2. The van der Waals surface area contributed by atoms with Crippen molar-refractivity contribution in [2.75, 3.05) is 17.3 Å². The van der Waals surface area contributed by atoms with Gasteiger partial charge in [0.2, 0.25) is 12.3 Å². The quantitative estimate of drug-likeness (QED) is 0.0975. The van der Waals surface area contributed by atoms with Crippen molar-refractivity contribution in [2.45, 2.75) is 31.9 Å². The van der Waals surface area contributed by atoms with E-state index >= 15 is 0 Å². The summed E-state index contributed by atoms with van der Waals surface area (Å²) in [4.78, 5) is 22.1. The predicted octanol–water partition coefficient (Wildman–Crippen LogP) is 5.99. The van der Waals surface area contributed by atoms with Crippen LogP contribution in [0.15, 0.2) is 78.0 Å². The van der Waals surface area contributed by atoms with Crippen LogP contribution >= 0.6 is 23.4 Å². The van der Waals surface area contributed by atoms with E-state index in [1.165, 1.54) is 53.5 Å². The highest BCUT2D eigenvalue weighted by atomic mass is 35.5. The molecule has 254 valence electrons. The molecule has 5 rings (SSSR count). The third-order valence-electron chi connectivity index (χ3n) is 6.48. The smallest absolute Gasteiger partial charge is 0.482 e. The van der Waals surface area contributed by atoms with Gasteiger partial charge in [-0.3, -0.25) is 9.69 Å². The van der Waals surface area contributed by atoms with E-state index in [2.05, 4.69) is 30.7 Å². The first-order valence-electron chi connectivity index (χ1n) is 13.8. The molecule has 3 N–H and O–H groups in total. The molecule has 0 spiro atoms. The van der Waals surface area contributed by atoms with E-state index in [0.717, 1.165) is 22.2 Å². The largest absolute Gasteiger partial charge is 0.573 e. The van der Waals surface area contributed by atoms with Gasteiger partial charge in [0.15, 0.2) is 17.6 Å². The number of carbonyl (C=O) groups is 1. The van der Waals surface area contributed by atoms with Crippen molar-refractivity contribution < 1.29 is 45.7 Å². The minimum absolute atomic E-state index is 0.00968. The summed E-state index contributed by atoms with van der Waals surface area (Å²) in [5.41, 5.74) is 7.36. The van der Waals surface area contributed by atoms with Gasteiger partial charge in [0, 0.05) is 16.6 Å². The van der Waals surface area contributed by atoms with Gasteiger partial charge in [-0.05, 0) is 55.0 Å². The Labute approximate surface area is 277 Å². The standard InChI is InChI=1S/C29H24ClF6N7O4S/c1-16(17-2-4-18(5-3-17)25-37-15-42(41-25)20-7-9-21(10-8-20)47-29(34,35)36)39-40-26(45)38-27-43(24(44)13-48-27)22-12-19(30)6-11-23(22)46-14-28(31,32)33/h2-12,15-16,26,39-40,45H,13-14H2,1H3/b38-27-. The van der Waals surface area contributed by atoms with E-state index < -0.39 is 31.4 Å². The molecule has 4 aromatic rings. The second-order valence-corrected chi connectivity index (χ2v) is 11.4. The minimum Gasteiger partial charge on any atom is -0.482 e. The van der Waals surface area contributed by atoms with Crippen LogP contribution < -0.4 is 25.2 Å². The summed E-state index contributed by atoms with van der Waals surface area (Å²) in [6.45, 7) is 0.203. The number of aliphatic hydroxyl groups excluding tert-OH is 1. The zero-order valence-electron chi connectivity index (χ0n) is 24.5. The van der Waals surface area contributed by atoms with Gasteiger partial charge in [0.05, 0.1) is 17.1 Å². The number of benzene rings is 3. The molecule has 1 aromatic heterocycles. The lowest BCUT2D eigenvalue weighted by molar-refractivity contribution is -0.274. The van der Waals surface area contributed by atoms with Gasteiger partial charge in [-0.1, -0.05) is 47.6 Å². The number of alkyl halides is 6. The molecule has 19 heteroatoms. The molecule has 1 saturated heterocycles. The number of hydrogen-bond donors (Lipinski definition) is 3. The van der Waals surface area contributed by atoms with Crippen molar-refractivity contribution in [3.05, 3.63) is 83.6 Å². The molecule has 2 unspecified atom stereocenters. The van der Waals surface area contributed by atoms with Crippen LogP contribution in [0.5, 0.6) is 11.5 Å². The van der Waals surface area contributed by atoms with Crippen molar-refractivity contribution >= 4 is 40.1 Å². The summed E-state index contributed by atoms with van der Waals surface area (Å²) in [6, 6.07) is 15.7. The van der Waals surface area contributed by atoms with E-state index in [-0.39, 0.29) is 39.2 Å². The number of amides is 1.